The van der Waals surface area contributed by atoms with E-state index in [0.717, 1.165) is 17.9 Å². The van der Waals surface area contributed by atoms with Gasteiger partial charge in [-0.25, -0.2) is 0 Å². The third kappa shape index (κ3) is 9.79. The molecule has 0 saturated heterocycles. The fourth-order valence-electron chi connectivity index (χ4n) is 0.985. The van der Waals surface area contributed by atoms with Gasteiger partial charge in [0.05, 0.1) is 13.0 Å². The Hall–Kier alpha value is -0.510. The van der Waals surface area contributed by atoms with Crippen LogP contribution in [0.1, 0.15) is 39.5 Å². The molecule has 0 rings (SSSR count). The molecule has 4 heteroatoms. The minimum absolute atomic E-state index is 0.157. The van der Waals surface area contributed by atoms with E-state index in [2.05, 4.69) is 6.92 Å². The number of Topliss-reactive ketones (excluding diaryl/α,β-unsaturated/α-hetero) is 1. The van der Waals surface area contributed by atoms with Crippen LogP contribution in [0.5, 0.6) is 0 Å². The summed E-state index contributed by atoms with van der Waals surface area (Å²) in [6, 6.07) is 0. The minimum Gasteiger partial charge on any atom is -0.466 e. The fourth-order valence-corrected chi connectivity index (χ4v) is 1.65. The summed E-state index contributed by atoms with van der Waals surface area (Å²) in [6.07, 6.45) is 1.95. The first-order valence-electron chi connectivity index (χ1n) is 5.45. The molecule has 0 aromatic carbocycles. The van der Waals surface area contributed by atoms with Crippen LogP contribution in [0, 0.1) is 0 Å². The molecule has 0 aliphatic rings. The molecule has 0 aromatic rings. The lowest BCUT2D eigenvalue weighted by atomic mass is 10.2. The molecule has 0 spiro atoms. The number of hydrogen-bond donors (Lipinski definition) is 0. The highest BCUT2D eigenvalue weighted by atomic mass is 32.2. The van der Waals surface area contributed by atoms with E-state index in [1.165, 1.54) is 0 Å². The molecular formula is C11H20O3S. The van der Waals surface area contributed by atoms with Crippen LogP contribution < -0.4 is 0 Å². The van der Waals surface area contributed by atoms with Crippen LogP contribution in [-0.4, -0.2) is 29.9 Å². The summed E-state index contributed by atoms with van der Waals surface area (Å²) in [7, 11) is 0. The van der Waals surface area contributed by atoms with Gasteiger partial charge in [-0.2, -0.15) is 11.8 Å². The van der Waals surface area contributed by atoms with Crippen molar-refractivity contribution in [1.29, 1.82) is 0 Å². The van der Waals surface area contributed by atoms with E-state index < -0.39 is 0 Å². The highest BCUT2D eigenvalue weighted by Gasteiger charge is 2.07. The summed E-state index contributed by atoms with van der Waals surface area (Å²) in [5.74, 6) is 1.79. The second-order valence-corrected chi connectivity index (χ2v) is 4.60. The van der Waals surface area contributed by atoms with Gasteiger partial charge in [0.1, 0.15) is 5.78 Å². The van der Waals surface area contributed by atoms with Crippen LogP contribution >= 0.6 is 11.8 Å². The number of hydrogen-bond acceptors (Lipinski definition) is 4. The zero-order chi connectivity index (χ0) is 11.5. The Bertz CT molecular complexity index is 192. The average molecular weight is 232 g/mol. The Morgan fingerprint density at radius 1 is 1.13 bits per heavy atom. The summed E-state index contributed by atoms with van der Waals surface area (Å²) >= 11 is 1.75. The van der Waals surface area contributed by atoms with Crippen molar-refractivity contribution in [2.24, 2.45) is 0 Å². The van der Waals surface area contributed by atoms with Crippen LogP contribution in [0.4, 0.5) is 0 Å². The van der Waals surface area contributed by atoms with Crippen molar-refractivity contribution in [2.45, 2.75) is 39.5 Å². The molecule has 0 radical (unpaired) electrons. The molecule has 0 N–H and O–H groups in total. The predicted molar refractivity (Wildman–Crippen MR) is 63.1 cm³/mol. The van der Waals surface area contributed by atoms with Crippen LogP contribution in [0.2, 0.25) is 0 Å². The molecule has 0 aliphatic heterocycles. The van der Waals surface area contributed by atoms with E-state index in [1.807, 2.05) is 6.92 Å². The van der Waals surface area contributed by atoms with E-state index in [4.69, 9.17) is 4.74 Å². The Labute approximate surface area is 95.9 Å². The van der Waals surface area contributed by atoms with Crippen molar-refractivity contribution in [2.75, 3.05) is 18.1 Å². The molecule has 0 aliphatic carbocycles. The highest BCUT2D eigenvalue weighted by molar-refractivity contribution is 7.99. The normalized spacial score (nSPS) is 10.0. The maximum atomic E-state index is 11.3. The predicted octanol–water partition coefficient (Wildman–Crippen LogP) is 2.43. The molecule has 0 bridgehead atoms. The summed E-state index contributed by atoms with van der Waals surface area (Å²) < 4.78 is 4.87. The molecule has 0 heterocycles. The van der Waals surface area contributed by atoms with Crippen LogP contribution in [0.3, 0.4) is 0 Å². The van der Waals surface area contributed by atoms with Crippen molar-refractivity contribution in [3.8, 4) is 0 Å². The molecule has 0 saturated carbocycles. The Morgan fingerprint density at radius 3 is 2.47 bits per heavy atom. The number of carbonyl (C=O) groups is 2. The molecule has 0 fully saturated rings. The first-order chi connectivity index (χ1) is 7.20. The van der Waals surface area contributed by atoms with Gasteiger partial charge in [0.2, 0.25) is 0 Å². The van der Waals surface area contributed by atoms with Crippen molar-refractivity contribution in [1.82, 2.24) is 0 Å². The van der Waals surface area contributed by atoms with Gasteiger partial charge in [-0.3, -0.25) is 9.59 Å². The smallest absolute Gasteiger partial charge is 0.306 e. The lowest BCUT2D eigenvalue weighted by molar-refractivity contribution is -0.144. The second-order valence-electron chi connectivity index (χ2n) is 3.21. The SMILES string of the molecule is CCCOC(=O)CCC(=O)CCSCC. The lowest BCUT2D eigenvalue weighted by Crippen LogP contribution is -2.08. The summed E-state index contributed by atoms with van der Waals surface area (Å²) in [6.45, 7) is 4.47. The van der Waals surface area contributed by atoms with Gasteiger partial charge in [-0.05, 0) is 12.2 Å². The van der Waals surface area contributed by atoms with Crippen molar-refractivity contribution < 1.29 is 14.3 Å². The molecule has 3 nitrogen and oxygen atoms in total. The van der Waals surface area contributed by atoms with Gasteiger partial charge in [0.15, 0.2) is 0 Å². The molecule has 0 atom stereocenters. The summed E-state index contributed by atoms with van der Waals surface area (Å²) in [5.41, 5.74) is 0. The molecular weight excluding hydrogens is 212 g/mol. The van der Waals surface area contributed by atoms with E-state index >= 15 is 0 Å². The van der Waals surface area contributed by atoms with Crippen LogP contribution in [-0.2, 0) is 14.3 Å². The third-order valence-electron chi connectivity index (χ3n) is 1.80. The van der Waals surface area contributed by atoms with Gasteiger partial charge in [0.25, 0.3) is 0 Å². The quantitative estimate of drug-likeness (QED) is 0.452. The molecule has 0 unspecified atom stereocenters. The van der Waals surface area contributed by atoms with Crippen molar-refractivity contribution in [3.63, 3.8) is 0 Å². The largest absolute Gasteiger partial charge is 0.466 e. The van der Waals surface area contributed by atoms with Gasteiger partial charge in [-0.1, -0.05) is 13.8 Å². The Morgan fingerprint density at radius 2 is 1.87 bits per heavy atom. The van der Waals surface area contributed by atoms with E-state index in [9.17, 15) is 9.59 Å². The van der Waals surface area contributed by atoms with Gasteiger partial charge in [-0.15, -0.1) is 0 Å². The Balaban J connectivity index is 3.40. The number of ketones is 1. The van der Waals surface area contributed by atoms with Gasteiger partial charge < -0.3 is 4.74 Å². The van der Waals surface area contributed by atoms with Crippen molar-refractivity contribution in [3.05, 3.63) is 0 Å². The number of carbonyl (C=O) groups excluding carboxylic acids is 2. The second kappa shape index (κ2) is 10.0. The van der Waals surface area contributed by atoms with Crippen molar-refractivity contribution >= 4 is 23.5 Å². The standard InChI is InChI=1S/C11H20O3S/c1-3-8-14-11(13)6-5-10(12)7-9-15-4-2/h3-9H2,1-2H3. The number of ether oxygens (including phenoxy) is 1. The maximum absolute atomic E-state index is 11.3. The van der Waals surface area contributed by atoms with E-state index in [0.29, 0.717) is 19.4 Å². The van der Waals surface area contributed by atoms with Gasteiger partial charge >= 0.3 is 5.97 Å². The van der Waals surface area contributed by atoms with E-state index in [-0.39, 0.29) is 18.2 Å². The zero-order valence-corrected chi connectivity index (χ0v) is 10.4. The fraction of sp³-hybridized carbons (Fsp3) is 0.818. The topological polar surface area (TPSA) is 43.4 Å². The molecule has 88 valence electrons. The lowest BCUT2D eigenvalue weighted by Gasteiger charge is -2.02. The first-order valence-corrected chi connectivity index (χ1v) is 6.61. The number of thioether (sulfide) groups is 1. The van der Waals surface area contributed by atoms with E-state index in [1.54, 1.807) is 11.8 Å². The first kappa shape index (κ1) is 14.5. The molecule has 0 aromatic heterocycles. The highest BCUT2D eigenvalue weighted by Crippen LogP contribution is 2.04. The zero-order valence-electron chi connectivity index (χ0n) is 9.58. The monoisotopic (exact) mass is 232 g/mol. The third-order valence-corrected chi connectivity index (χ3v) is 2.71. The molecule has 0 amide bonds. The van der Waals surface area contributed by atoms with Crippen LogP contribution in [0.25, 0.3) is 0 Å². The Kier molecular flexibility index (Phi) is 9.68. The summed E-state index contributed by atoms with van der Waals surface area (Å²) in [5, 5.41) is 0. The number of esters is 1. The minimum atomic E-state index is -0.256. The van der Waals surface area contributed by atoms with Gasteiger partial charge in [0, 0.05) is 18.6 Å². The van der Waals surface area contributed by atoms with Crippen LogP contribution in [0.15, 0.2) is 0 Å². The average Bonchev–Trinajstić information content (AvgIpc) is 2.24. The maximum Gasteiger partial charge on any atom is 0.306 e. The summed E-state index contributed by atoms with van der Waals surface area (Å²) in [4.78, 5) is 22.3. The molecule has 15 heavy (non-hydrogen) atoms. The number of rotatable bonds is 9.